The largest absolute Gasteiger partial charge is 0.317 e. The number of sulfonamides is 1. The molecule has 0 saturated carbocycles. The molecule has 2 N–H and O–H groups in total. The molecule has 1 unspecified atom stereocenters. The van der Waals surface area contributed by atoms with Crippen molar-refractivity contribution in [3.05, 3.63) is 11.5 Å². The summed E-state index contributed by atoms with van der Waals surface area (Å²) in [5, 5.41) is 4.25. The minimum Gasteiger partial charge on any atom is -0.317 e. The van der Waals surface area contributed by atoms with E-state index in [2.05, 4.69) is 10.0 Å². The van der Waals surface area contributed by atoms with E-state index in [1.165, 1.54) is 6.08 Å². The van der Waals surface area contributed by atoms with Gasteiger partial charge in [0.15, 0.2) is 9.84 Å². The summed E-state index contributed by atoms with van der Waals surface area (Å²) in [5.41, 5.74) is 0. The zero-order chi connectivity index (χ0) is 13.2. The van der Waals surface area contributed by atoms with E-state index in [9.17, 15) is 16.8 Å². The molecule has 2 aliphatic rings. The molecule has 6 nitrogen and oxygen atoms in total. The summed E-state index contributed by atoms with van der Waals surface area (Å²) < 4.78 is 48.6. The number of piperidine rings is 1. The Kier molecular flexibility index (Phi) is 4.10. The zero-order valence-electron chi connectivity index (χ0n) is 10.0. The third kappa shape index (κ3) is 4.04. The number of hydrogen-bond acceptors (Lipinski definition) is 5. The van der Waals surface area contributed by atoms with Gasteiger partial charge < -0.3 is 5.32 Å². The Hall–Kier alpha value is -0.440. The van der Waals surface area contributed by atoms with Crippen LogP contribution in [0.4, 0.5) is 0 Å². The molecular formula is C10H18N2O4S2. The minimum atomic E-state index is -3.41. The Balaban J connectivity index is 1.90. The maximum atomic E-state index is 11.9. The van der Waals surface area contributed by atoms with Crippen LogP contribution >= 0.6 is 0 Å². The van der Waals surface area contributed by atoms with Gasteiger partial charge in [-0.05, 0) is 31.8 Å². The van der Waals surface area contributed by atoms with E-state index in [4.69, 9.17) is 0 Å². The van der Waals surface area contributed by atoms with Crippen molar-refractivity contribution in [3.8, 4) is 0 Å². The highest BCUT2D eigenvalue weighted by atomic mass is 32.2. The maximum Gasteiger partial charge on any atom is 0.212 e. The molecule has 0 bridgehead atoms. The predicted octanol–water partition coefficient (Wildman–Crippen LogP) is -0.784. The van der Waals surface area contributed by atoms with E-state index >= 15 is 0 Å². The lowest BCUT2D eigenvalue weighted by Gasteiger charge is -2.23. The highest BCUT2D eigenvalue weighted by molar-refractivity contribution is 7.94. The van der Waals surface area contributed by atoms with Crippen molar-refractivity contribution in [2.75, 3.05) is 24.6 Å². The van der Waals surface area contributed by atoms with Crippen LogP contribution in [-0.2, 0) is 19.9 Å². The quantitative estimate of drug-likeness (QED) is 0.709. The summed E-state index contributed by atoms with van der Waals surface area (Å²) in [6, 6.07) is -0.610. The molecule has 0 amide bonds. The standard InChI is InChI=1S/C10H18N2O4S2/c13-17(14)6-3-10(8-17)12-18(15,16)7-9-1-4-11-5-2-9/h3,6,9-12H,1-2,4-5,7-8H2. The summed E-state index contributed by atoms with van der Waals surface area (Å²) in [6.45, 7) is 1.69. The molecule has 0 aliphatic carbocycles. The van der Waals surface area contributed by atoms with Crippen LogP contribution in [0, 0.1) is 5.92 Å². The summed E-state index contributed by atoms with van der Waals surface area (Å²) in [5.74, 6) is 0.0723. The van der Waals surface area contributed by atoms with Gasteiger partial charge in [0.2, 0.25) is 10.0 Å². The molecule has 104 valence electrons. The second kappa shape index (κ2) is 5.28. The van der Waals surface area contributed by atoms with E-state index in [0.717, 1.165) is 31.3 Å². The van der Waals surface area contributed by atoms with E-state index < -0.39 is 25.9 Å². The van der Waals surface area contributed by atoms with Crippen molar-refractivity contribution < 1.29 is 16.8 Å². The summed E-state index contributed by atoms with van der Waals surface area (Å²) in [4.78, 5) is 0. The van der Waals surface area contributed by atoms with Crippen LogP contribution in [0.5, 0.6) is 0 Å². The van der Waals surface area contributed by atoms with Crippen LogP contribution in [0.2, 0.25) is 0 Å². The Labute approximate surface area is 108 Å². The average Bonchev–Trinajstić information content (AvgIpc) is 2.57. The van der Waals surface area contributed by atoms with Crippen molar-refractivity contribution in [1.29, 1.82) is 0 Å². The first-order chi connectivity index (χ1) is 8.36. The van der Waals surface area contributed by atoms with Crippen molar-refractivity contribution >= 4 is 19.9 Å². The van der Waals surface area contributed by atoms with E-state index in [0.29, 0.717) is 0 Å². The molecular weight excluding hydrogens is 276 g/mol. The minimum absolute atomic E-state index is 0.0824. The van der Waals surface area contributed by atoms with Gasteiger partial charge in [0.1, 0.15) is 0 Å². The molecule has 0 spiro atoms. The molecule has 0 aromatic heterocycles. The fourth-order valence-corrected chi connectivity index (χ4v) is 5.30. The molecule has 18 heavy (non-hydrogen) atoms. The lowest BCUT2D eigenvalue weighted by molar-refractivity contribution is 0.400. The van der Waals surface area contributed by atoms with Crippen molar-refractivity contribution in [3.63, 3.8) is 0 Å². The first-order valence-corrected chi connectivity index (χ1v) is 9.35. The second-order valence-electron chi connectivity index (χ2n) is 4.86. The third-order valence-electron chi connectivity index (χ3n) is 3.17. The van der Waals surface area contributed by atoms with Crippen LogP contribution in [0.1, 0.15) is 12.8 Å². The lowest BCUT2D eigenvalue weighted by Crippen LogP contribution is -2.40. The number of rotatable bonds is 4. The van der Waals surface area contributed by atoms with Crippen LogP contribution < -0.4 is 10.0 Å². The first kappa shape index (κ1) is 14.0. The Morgan fingerprint density at radius 3 is 2.50 bits per heavy atom. The van der Waals surface area contributed by atoms with Crippen LogP contribution in [0.3, 0.4) is 0 Å². The molecule has 0 radical (unpaired) electrons. The topological polar surface area (TPSA) is 92.3 Å². The molecule has 2 aliphatic heterocycles. The number of hydrogen-bond donors (Lipinski definition) is 2. The monoisotopic (exact) mass is 294 g/mol. The first-order valence-electron chi connectivity index (χ1n) is 5.98. The summed E-state index contributed by atoms with van der Waals surface area (Å²) in [7, 11) is -6.63. The van der Waals surface area contributed by atoms with Gasteiger partial charge in [0.05, 0.1) is 17.5 Å². The summed E-state index contributed by atoms with van der Waals surface area (Å²) >= 11 is 0. The fraction of sp³-hybridized carbons (Fsp3) is 0.800. The normalized spacial score (nSPS) is 28.6. The van der Waals surface area contributed by atoms with Gasteiger partial charge in [0, 0.05) is 5.41 Å². The van der Waals surface area contributed by atoms with E-state index in [1.54, 1.807) is 0 Å². The molecule has 1 atom stereocenters. The zero-order valence-corrected chi connectivity index (χ0v) is 11.6. The predicted molar refractivity (Wildman–Crippen MR) is 69.2 cm³/mol. The van der Waals surface area contributed by atoms with Crippen molar-refractivity contribution in [2.45, 2.75) is 18.9 Å². The molecule has 8 heteroatoms. The van der Waals surface area contributed by atoms with Gasteiger partial charge in [0.25, 0.3) is 0 Å². The van der Waals surface area contributed by atoms with Gasteiger partial charge in [-0.15, -0.1) is 0 Å². The molecule has 0 aromatic rings. The fourth-order valence-electron chi connectivity index (χ4n) is 2.29. The average molecular weight is 294 g/mol. The smallest absolute Gasteiger partial charge is 0.212 e. The van der Waals surface area contributed by atoms with Crippen LogP contribution in [0.25, 0.3) is 0 Å². The summed E-state index contributed by atoms with van der Waals surface area (Å²) in [6.07, 6.45) is 3.09. The molecule has 2 heterocycles. The van der Waals surface area contributed by atoms with Crippen LogP contribution in [0.15, 0.2) is 11.5 Å². The van der Waals surface area contributed by atoms with Gasteiger partial charge in [-0.25, -0.2) is 21.6 Å². The Morgan fingerprint density at radius 2 is 1.94 bits per heavy atom. The van der Waals surface area contributed by atoms with Crippen molar-refractivity contribution in [1.82, 2.24) is 10.0 Å². The number of sulfone groups is 1. The number of nitrogens with one attached hydrogen (secondary N) is 2. The van der Waals surface area contributed by atoms with Crippen molar-refractivity contribution in [2.24, 2.45) is 5.92 Å². The lowest BCUT2D eigenvalue weighted by atomic mass is 10.0. The van der Waals surface area contributed by atoms with Crippen LogP contribution in [-0.4, -0.2) is 47.5 Å². The van der Waals surface area contributed by atoms with E-state index in [1.807, 2.05) is 0 Å². The molecule has 1 fully saturated rings. The van der Waals surface area contributed by atoms with Gasteiger partial charge in [-0.1, -0.05) is 6.08 Å². The third-order valence-corrected chi connectivity index (χ3v) is 6.14. The van der Waals surface area contributed by atoms with Gasteiger partial charge >= 0.3 is 0 Å². The Morgan fingerprint density at radius 1 is 1.28 bits per heavy atom. The Bertz CT molecular complexity index is 518. The molecule has 0 aromatic carbocycles. The molecule has 1 saturated heterocycles. The highest BCUT2D eigenvalue weighted by Crippen LogP contribution is 2.15. The van der Waals surface area contributed by atoms with E-state index in [-0.39, 0.29) is 17.4 Å². The van der Waals surface area contributed by atoms with Gasteiger partial charge in [-0.2, -0.15) is 0 Å². The highest BCUT2D eigenvalue weighted by Gasteiger charge is 2.27. The molecule has 2 rings (SSSR count). The SMILES string of the molecule is O=S1(=O)C=CC(NS(=O)(=O)CC2CCNCC2)C1. The maximum absolute atomic E-state index is 11.9. The van der Waals surface area contributed by atoms with Gasteiger partial charge in [-0.3, -0.25) is 0 Å². The second-order valence-corrected chi connectivity index (χ2v) is 8.59.